The third-order valence-corrected chi connectivity index (χ3v) is 4.69. The topological polar surface area (TPSA) is 61.4 Å². The van der Waals surface area contributed by atoms with Gasteiger partial charge in [0.1, 0.15) is 0 Å². The van der Waals surface area contributed by atoms with Crippen molar-refractivity contribution in [2.75, 3.05) is 18.4 Å². The molecule has 3 amide bonds. The molecule has 2 N–H and O–H groups in total. The van der Waals surface area contributed by atoms with Gasteiger partial charge in [-0.15, -0.1) is 0 Å². The summed E-state index contributed by atoms with van der Waals surface area (Å²) in [6, 6.07) is 17.4. The zero-order valence-corrected chi connectivity index (χ0v) is 15.1. The van der Waals surface area contributed by atoms with Crippen LogP contribution < -0.4 is 10.6 Å². The molecule has 0 spiro atoms. The maximum Gasteiger partial charge on any atom is 0.321 e. The second kappa shape index (κ2) is 8.52. The number of anilines is 1. The summed E-state index contributed by atoms with van der Waals surface area (Å²) in [5.41, 5.74) is 3.05. The molecular formula is C21H25N3O2. The fraction of sp³-hybridized carbons (Fsp3) is 0.333. The minimum atomic E-state index is -0.157. The number of amides is 3. The predicted molar refractivity (Wildman–Crippen MR) is 103 cm³/mol. The Kier molecular flexibility index (Phi) is 5.89. The van der Waals surface area contributed by atoms with Crippen LogP contribution in [-0.2, 0) is 11.3 Å². The maximum atomic E-state index is 12.5. The molecule has 1 heterocycles. The van der Waals surface area contributed by atoms with Gasteiger partial charge in [0.05, 0.1) is 5.92 Å². The van der Waals surface area contributed by atoms with Crippen molar-refractivity contribution in [2.24, 2.45) is 5.92 Å². The van der Waals surface area contributed by atoms with Crippen molar-refractivity contribution >= 4 is 17.6 Å². The van der Waals surface area contributed by atoms with Gasteiger partial charge in [0.25, 0.3) is 0 Å². The van der Waals surface area contributed by atoms with Gasteiger partial charge < -0.3 is 15.5 Å². The molecular weight excluding hydrogens is 326 g/mol. The molecule has 0 aromatic heterocycles. The fourth-order valence-corrected chi connectivity index (χ4v) is 3.14. The summed E-state index contributed by atoms with van der Waals surface area (Å²) in [6.45, 7) is 3.70. The van der Waals surface area contributed by atoms with E-state index in [0.717, 1.165) is 24.1 Å². The average molecular weight is 351 g/mol. The molecule has 0 radical (unpaired) electrons. The lowest BCUT2D eigenvalue weighted by atomic mass is 9.97. The average Bonchev–Trinajstić information content (AvgIpc) is 2.68. The molecule has 5 nitrogen and oxygen atoms in total. The molecule has 0 saturated carbocycles. The van der Waals surface area contributed by atoms with Gasteiger partial charge in [0.2, 0.25) is 5.91 Å². The summed E-state index contributed by atoms with van der Waals surface area (Å²) >= 11 is 0. The van der Waals surface area contributed by atoms with Crippen LogP contribution in [0.2, 0.25) is 0 Å². The van der Waals surface area contributed by atoms with Crippen molar-refractivity contribution in [3.05, 3.63) is 65.7 Å². The van der Waals surface area contributed by atoms with Crippen molar-refractivity contribution in [1.29, 1.82) is 0 Å². The van der Waals surface area contributed by atoms with Crippen LogP contribution in [0.5, 0.6) is 0 Å². The standard InChI is InChI=1S/C21H25N3O2/c1-16-9-11-17(12-10-16)14-22-20(25)18-6-5-13-24(15-18)21(26)23-19-7-3-2-4-8-19/h2-4,7-12,18H,5-6,13-15H2,1H3,(H,22,25)(H,23,26)/t18-/m0/s1. The van der Waals surface area contributed by atoms with Crippen LogP contribution in [0.3, 0.4) is 0 Å². The summed E-state index contributed by atoms with van der Waals surface area (Å²) in [5, 5.41) is 5.89. The highest BCUT2D eigenvalue weighted by atomic mass is 16.2. The number of hydrogen-bond acceptors (Lipinski definition) is 2. The minimum Gasteiger partial charge on any atom is -0.352 e. The molecule has 1 saturated heterocycles. The van der Waals surface area contributed by atoms with E-state index in [2.05, 4.69) is 10.6 Å². The van der Waals surface area contributed by atoms with Crippen LogP contribution in [0.4, 0.5) is 10.5 Å². The van der Waals surface area contributed by atoms with Gasteiger partial charge in [-0.25, -0.2) is 4.79 Å². The fourth-order valence-electron chi connectivity index (χ4n) is 3.14. The van der Waals surface area contributed by atoms with Crippen LogP contribution in [-0.4, -0.2) is 29.9 Å². The number of likely N-dealkylation sites (tertiary alicyclic amines) is 1. The van der Waals surface area contributed by atoms with Crippen LogP contribution in [0.25, 0.3) is 0 Å². The molecule has 1 atom stereocenters. The molecule has 1 fully saturated rings. The van der Waals surface area contributed by atoms with E-state index in [1.54, 1.807) is 4.90 Å². The number of para-hydroxylation sites is 1. The molecule has 1 aliphatic rings. The number of carbonyl (C=O) groups is 2. The van der Waals surface area contributed by atoms with E-state index >= 15 is 0 Å². The van der Waals surface area contributed by atoms with Gasteiger partial charge >= 0.3 is 6.03 Å². The maximum absolute atomic E-state index is 12.5. The summed E-state index contributed by atoms with van der Waals surface area (Å²) in [7, 11) is 0. The Labute approximate surface area is 154 Å². The molecule has 2 aromatic rings. The van der Waals surface area contributed by atoms with Crippen molar-refractivity contribution in [2.45, 2.75) is 26.3 Å². The van der Waals surface area contributed by atoms with Gasteiger partial charge in [-0.3, -0.25) is 4.79 Å². The van der Waals surface area contributed by atoms with Gasteiger partial charge in [0.15, 0.2) is 0 Å². The highest BCUT2D eigenvalue weighted by Crippen LogP contribution is 2.18. The molecule has 1 aliphatic heterocycles. The van der Waals surface area contributed by atoms with Crippen molar-refractivity contribution < 1.29 is 9.59 Å². The normalized spacial score (nSPS) is 16.8. The van der Waals surface area contributed by atoms with Gasteiger partial charge in [-0.2, -0.15) is 0 Å². The first-order chi connectivity index (χ1) is 12.6. The minimum absolute atomic E-state index is 0.0165. The van der Waals surface area contributed by atoms with E-state index in [0.29, 0.717) is 19.6 Å². The van der Waals surface area contributed by atoms with Gasteiger partial charge in [-0.1, -0.05) is 48.0 Å². The Hall–Kier alpha value is -2.82. The number of nitrogens with zero attached hydrogens (tertiary/aromatic N) is 1. The molecule has 0 aliphatic carbocycles. The quantitative estimate of drug-likeness (QED) is 0.885. The number of urea groups is 1. The third-order valence-electron chi connectivity index (χ3n) is 4.69. The largest absolute Gasteiger partial charge is 0.352 e. The summed E-state index contributed by atoms with van der Waals surface area (Å²) in [5.74, 6) is -0.140. The summed E-state index contributed by atoms with van der Waals surface area (Å²) in [4.78, 5) is 26.7. The first kappa shape index (κ1) is 18.0. The van der Waals surface area contributed by atoms with Crippen LogP contribution in [0.15, 0.2) is 54.6 Å². The second-order valence-electron chi connectivity index (χ2n) is 6.78. The third kappa shape index (κ3) is 4.85. The van der Waals surface area contributed by atoms with Crippen molar-refractivity contribution in [3.63, 3.8) is 0 Å². The Morgan fingerprint density at radius 2 is 1.81 bits per heavy atom. The molecule has 0 bridgehead atoms. The van der Waals surface area contributed by atoms with Crippen LogP contribution >= 0.6 is 0 Å². The first-order valence-corrected chi connectivity index (χ1v) is 9.06. The lowest BCUT2D eigenvalue weighted by molar-refractivity contribution is -0.126. The predicted octanol–water partition coefficient (Wildman–Crippen LogP) is 3.56. The molecule has 2 aromatic carbocycles. The van der Waals surface area contributed by atoms with E-state index in [-0.39, 0.29) is 17.9 Å². The molecule has 26 heavy (non-hydrogen) atoms. The molecule has 3 rings (SSSR count). The highest BCUT2D eigenvalue weighted by Gasteiger charge is 2.28. The number of carbonyl (C=O) groups excluding carboxylic acids is 2. The van der Waals surface area contributed by atoms with Gasteiger partial charge in [0, 0.05) is 25.3 Å². The van der Waals surface area contributed by atoms with Crippen molar-refractivity contribution in [3.8, 4) is 0 Å². The molecule has 5 heteroatoms. The Balaban J connectivity index is 1.51. The number of piperidine rings is 1. The SMILES string of the molecule is Cc1ccc(CNC(=O)[C@H]2CCCN(C(=O)Nc3ccccc3)C2)cc1. The number of benzene rings is 2. The lowest BCUT2D eigenvalue weighted by Gasteiger charge is -2.32. The van der Waals surface area contributed by atoms with E-state index in [4.69, 9.17) is 0 Å². The van der Waals surface area contributed by atoms with Crippen LogP contribution in [0.1, 0.15) is 24.0 Å². The Bertz CT molecular complexity index is 744. The smallest absolute Gasteiger partial charge is 0.321 e. The lowest BCUT2D eigenvalue weighted by Crippen LogP contribution is -2.46. The number of rotatable bonds is 4. The summed E-state index contributed by atoms with van der Waals surface area (Å²) < 4.78 is 0. The number of hydrogen-bond donors (Lipinski definition) is 2. The Morgan fingerprint density at radius 3 is 2.54 bits per heavy atom. The number of aryl methyl sites for hydroxylation is 1. The van der Waals surface area contributed by atoms with Crippen molar-refractivity contribution in [1.82, 2.24) is 10.2 Å². The molecule has 0 unspecified atom stereocenters. The molecule has 136 valence electrons. The van der Waals surface area contributed by atoms with E-state index in [9.17, 15) is 9.59 Å². The monoisotopic (exact) mass is 351 g/mol. The highest BCUT2D eigenvalue weighted by molar-refractivity contribution is 5.90. The van der Waals surface area contributed by atoms with E-state index < -0.39 is 0 Å². The number of nitrogens with one attached hydrogen (secondary N) is 2. The van der Waals surface area contributed by atoms with Crippen LogP contribution in [0, 0.1) is 12.8 Å². The van der Waals surface area contributed by atoms with Gasteiger partial charge in [-0.05, 0) is 37.5 Å². The van der Waals surface area contributed by atoms with E-state index in [1.807, 2.05) is 61.5 Å². The zero-order chi connectivity index (χ0) is 18.4. The second-order valence-corrected chi connectivity index (χ2v) is 6.78. The first-order valence-electron chi connectivity index (χ1n) is 9.06. The summed E-state index contributed by atoms with van der Waals surface area (Å²) in [6.07, 6.45) is 1.65. The zero-order valence-electron chi connectivity index (χ0n) is 15.1. The Morgan fingerprint density at radius 1 is 1.08 bits per heavy atom. The van der Waals surface area contributed by atoms with E-state index in [1.165, 1.54) is 5.56 Å².